The molecule has 0 fully saturated rings. The molecule has 2 N–H and O–H groups in total. The average molecular weight is 499 g/mol. The van der Waals surface area contributed by atoms with Crippen LogP contribution in [-0.4, -0.2) is 26.9 Å². The van der Waals surface area contributed by atoms with Crippen LogP contribution in [0.1, 0.15) is 28.2 Å². The Morgan fingerprint density at radius 2 is 1.78 bits per heavy atom. The minimum absolute atomic E-state index is 0.00621. The van der Waals surface area contributed by atoms with Crippen molar-refractivity contribution in [1.29, 1.82) is 0 Å². The number of alkyl halides is 3. The molecule has 0 atom stereocenters. The fourth-order valence-corrected chi connectivity index (χ4v) is 3.17. The third-order valence-electron chi connectivity index (χ3n) is 4.92. The van der Waals surface area contributed by atoms with Gasteiger partial charge < -0.3 is 15.2 Å². The van der Waals surface area contributed by atoms with Gasteiger partial charge in [-0.15, -0.1) is 0 Å². The van der Waals surface area contributed by atoms with Crippen molar-refractivity contribution in [2.45, 2.75) is 19.0 Å². The van der Waals surface area contributed by atoms with Crippen molar-refractivity contribution < 1.29 is 31.7 Å². The van der Waals surface area contributed by atoms with Crippen LogP contribution in [0.25, 0.3) is 11.4 Å². The molecule has 0 aliphatic heterocycles. The van der Waals surface area contributed by atoms with Gasteiger partial charge in [0.2, 0.25) is 17.6 Å². The molecule has 2 heterocycles. The van der Waals surface area contributed by atoms with Gasteiger partial charge in [0, 0.05) is 42.0 Å². The third kappa shape index (κ3) is 6.09. The fourth-order valence-electron chi connectivity index (χ4n) is 3.17. The van der Waals surface area contributed by atoms with Crippen LogP contribution >= 0.6 is 0 Å². The first-order chi connectivity index (χ1) is 17.2. The van der Waals surface area contributed by atoms with Gasteiger partial charge in [-0.3, -0.25) is 14.6 Å². The number of hydrogen-bond acceptors (Lipinski definition) is 6. The van der Waals surface area contributed by atoms with Crippen LogP contribution in [0.2, 0.25) is 0 Å². The molecule has 184 valence electrons. The van der Waals surface area contributed by atoms with Gasteiger partial charge in [-0.25, -0.2) is 4.39 Å². The van der Waals surface area contributed by atoms with Crippen LogP contribution in [0.15, 0.2) is 71.5 Å². The Morgan fingerprint density at radius 1 is 1.00 bits per heavy atom. The molecule has 0 aliphatic carbocycles. The third-order valence-corrected chi connectivity index (χ3v) is 4.92. The maximum atomic E-state index is 13.7. The van der Waals surface area contributed by atoms with Gasteiger partial charge in [0.25, 0.3) is 5.91 Å². The number of hydrogen-bond donors (Lipinski definition) is 2. The van der Waals surface area contributed by atoms with Crippen molar-refractivity contribution >= 4 is 23.2 Å². The first-order valence-corrected chi connectivity index (χ1v) is 10.5. The molecule has 0 unspecified atom stereocenters. The van der Waals surface area contributed by atoms with Crippen LogP contribution in [0.4, 0.5) is 28.9 Å². The normalized spacial score (nSPS) is 11.2. The largest absolute Gasteiger partial charge is 0.418 e. The maximum absolute atomic E-state index is 13.7. The van der Waals surface area contributed by atoms with Crippen LogP contribution in [0, 0.1) is 5.82 Å². The SMILES string of the molecule is O=C(CCc1nc(-c2cccnc2)no1)Nc1ccc(NC(=O)c2ccc(F)cc2)cc1C(F)(F)F. The molecule has 0 saturated carbocycles. The maximum Gasteiger partial charge on any atom is 0.418 e. The van der Waals surface area contributed by atoms with Crippen molar-refractivity contribution in [2.75, 3.05) is 10.6 Å². The van der Waals surface area contributed by atoms with Crippen molar-refractivity contribution in [3.63, 3.8) is 0 Å². The Kier molecular flexibility index (Phi) is 7.04. The van der Waals surface area contributed by atoms with E-state index in [1.54, 1.807) is 18.3 Å². The molecule has 0 bridgehead atoms. The van der Waals surface area contributed by atoms with Crippen molar-refractivity contribution in [3.8, 4) is 11.4 Å². The summed E-state index contributed by atoms with van der Waals surface area (Å²) in [6.45, 7) is 0. The summed E-state index contributed by atoms with van der Waals surface area (Å²) in [4.78, 5) is 32.7. The van der Waals surface area contributed by atoms with Gasteiger partial charge in [-0.2, -0.15) is 18.2 Å². The zero-order valence-corrected chi connectivity index (χ0v) is 18.3. The highest BCUT2D eigenvalue weighted by Crippen LogP contribution is 2.37. The van der Waals surface area contributed by atoms with Crippen molar-refractivity contribution in [1.82, 2.24) is 15.1 Å². The van der Waals surface area contributed by atoms with Gasteiger partial charge in [0.1, 0.15) is 5.82 Å². The molecule has 0 saturated heterocycles. The minimum Gasteiger partial charge on any atom is -0.339 e. The van der Waals surface area contributed by atoms with E-state index >= 15 is 0 Å². The number of rotatable bonds is 7. The molecule has 0 radical (unpaired) electrons. The Hall–Kier alpha value is -4.61. The van der Waals surface area contributed by atoms with Gasteiger partial charge in [0.05, 0.1) is 11.3 Å². The summed E-state index contributed by atoms with van der Waals surface area (Å²) < 4.78 is 59.1. The second kappa shape index (κ2) is 10.3. The van der Waals surface area contributed by atoms with E-state index in [-0.39, 0.29) is 35.8 Å². The van der Waals surface area contributed by atoms with Crippen LogP contribution < -0.4 is 10.6 Å². The summed E-state index contributed by atoms with van der Waals surface area (Å²) in [5.74, 6) is -1.57. The van der Waals surface area contributed by atoms with E-state index in [1.807, 2.05) is 0 Å². The molecule has 12 heteroatoms. The summed E-state index contributed by atoms with van der Waals surface area (Å²) in [6.07, 6.45) is -1.91. The first-order valence-electron chi connectivity index (χ1n) is 10.5. The number of nitrogens with one attached hydrogen (secondary N) is 2. The molecule has 36 heavy (non-hydrogen) atoms. The Labute approximate surface area is 201 Å². The van der Waals surface area contributed by atoms with Gasteiger partial charge in [-0.05, 0) is 54.6 Å². The molecular weight excluding hydrogens is 482 g/mol. The smallest absolute Gasteiger partial charge is 0.339 e. The Morgan fingerprint density at radius 3 is 2.47 bits per heavy atom. The second-order valence-electron chi connectivity index (χ2n) is 7.52. The number of pyridine rings is 1. The molecular formula is C24H17F4N5O3. The molecule has 2 amide bonds. The number of anilines is 2. The van der Waals surface area contributed by atoms with Crippen molar-refractivity contribution in [3.05, 3.63) is 89.8 Å². The lowest BCUT2D eigenvalue weighted by Crippen LogP contribution is -2.18. The molecule has 2 aromatic heterocycles. The molecule has 4 rings (SSSR count). The second-order valence-corrected chi connectivity index (χ2v) is 7.52. The number of aromatic nitrogens is 3. The standard InChI is InChI=1S/C24H17F4N5O3/c25-16-5-3-14(4-6-16)23(35)30-17-7-8-19(18(12-17)24(26,27)28)31-20(34)9-10-21-32-22(33-36-21)15-2-1-11-29-13-15/h1-8,11-13H,9-10H2,(H,30,35)(H,31,34). The predicted molar refractivity (Wildman–Crippen MR) is 120 cm³/mol. The minimum atomic E-state index is -4.82. The average Bonchev–Trinajstić information content (AvgIpc) is 3.33. The molecule has 4 aromatic rings. The zero-order chi connectivity index (χ0) is 25.7. The summed E-state index contributed by atoms with van der Waals surface area (Å²) in [6, 6.07) is 10.9. The summed E-state index contributed by atoms with van der Waals surface area (Å²) in [7, 11) is 0. The van der Waals surface area contributed by atoms with Gasteiger partial charge in [0.15, 0.2) is 0 Å². The number of carbonyl (C=O) groups excluding carboxylic acids is 2. The van der Waals surface area contributed by atoms with E-state index in [0.717, 1.165) is 18.2 Å². The van der Waals surface area contributed by atoms with E-state index in [2.05, 4.69) is 25.8 Å². The monoisotopic (exact) mass is 499 g/mol. The number of carbonyl (C=O) groups is 2. The van der Waals surface area contributed by atoms with Crippen LogP contribution in [0.3, 0.4) is 0 Å². The van der Waals surface area contributed by atoms with Crippen LogP contribution in [0.5, 0.6) is 0 Å². The summed E-state index contributed by atoms with van der Waals surface area (Å²) in [5.41, 5.74) is -1.10. The van der Waals surface area contributed by atoms with E-state index in [4.69, 9.17) is 4.52 Å². The first kappa shape index (κ1) is 24.5. The fraction of sp³-hybridized carbons (Fsp3) is 0.125. The van der Waals surface area contributed by atoms with E-state index in [1.165, 1.54) is 24.4 Å². The lowest BCUT2D eigenvalue weighted by Gasteiger charge is -2.16. The number of nitrogens with zero attached hydrogens (tertiary/aromatic N) is 3. The highest BCUT2D eigenvalue weighted by Gasteiger charge is 2.34. The Bertz CT molecular complexity index is 1370. The molecule has 0 spiro atoms. The number of aryl methyl sites for hydroxylation is 1. The molecule has 0 aliphatic rings. The van der Waals surface area contributed by atoms with E-state index < -0.39 is 35.1 Å². The number of halogens is 4. The van der Waals surface area contributed by atoms with E-state index in [9.17, 15) is 27.2 Å². The lowest BCUT2D eigenvalue weighted by molar-refractivity contribution is -0.136. The summed E-state index contributed by atoms with van der Waals surface area (Å²) >= 11 is 0. The predicted octanol–water partition coefficient (Wildman–Crippen LogP) is 5.11. The highest BCUT2D eigenvalue weighted by atomic mass is 19.4. The number of amides is 2. The molecule has 2 aromatic carbocycles. The van der Waals surface area contributed by atoms with E-state index in [0.29, 0.717) is 11.6 Å². The van der Waals surface area contributed by atoms with Crippen molar-refractivity contribution in [2.24, 2.45) is 0 Å². The summed E-state index contributed by atoms with van der Waals surface area (Å²) in [5, 5.41) is 8.35. The van der Waals surface area contributed by atoms with Gasteiger partial charge in [-0.1, -0.05) is 5.16 Å². The number of benzene rings is 2. The van der Waals surface area contributed by atoms with Crippen LogP contribution in [-0.2, 0) is 17.4 Å². The zero-order valence-electron chi connectivity index (χ0n) is 18.3. The Balaban J connectivity index is 1.42. The topological polar surface area (TPSA) is 110 Å². The molecule has 8 nitrogen and oxygen atoms in total. The lowest BCUT2D eigenvalue weighted by atomic mass is 10.1. The van der Waals surface area contributed by atoms with Gasteiger partial charge >= 0.3 is 6.18 Å². The highest BCUT2D eigenvalue weighted by molar-refractivity contribution is 6.04. The quantitative estimate of drug-likeness (QED) is 0.342.